The lowest BCUT2D eigenvalue weighted by Crippen LogP contribution is -2.24. The van der Waals surface area contributed by atoms with Gasteiger partial charge in [-0.3, -0.25) is 4.67 Å². The quantitative estimate of drug-likeness (QED) is 0.390. The molecule has 0 aromatic heterocycles. The van der Waals surface area contributed by atoms with E-state index in [-0.39, 0.29) is 0 Å². The van der Waals surface area contributed by atoms with Crippen LogP contribution in [-0.4, -0.2) is 24.8 Å². The molecule has 1 fully saturated rings. The molecule has 0 saturated carbocycles. The van der Waals surface area contributed by atoms with E-state index in [2.05, 4.69) is 115 Å². The minimum atomic E-state index is -0.401. The average Bonchev–Trinajstić information content (AvgIpc) is 3.20. The minimum absolute atomic E-state index is 0.401. The first-order valence-electron chi connectivity index (χ1n) is 10.7. The summed E-state index contributed by atoms with van der Waals surface area (Å²) in [7, 11) is 1.95. The molecule has 1 aliphatic rings. The van der Waals surface area contributed by atoms with Crippen LogP contribution < -0.4 is 4.90 Å². The molecule has 0 amide bonds. The molecule has 0 radical (unpaired) electrons. The van der Waals surface area contributed by atoms with E-state index < -0.39 is 8.07 Å². The van der Waals surface area contributed by atoms with E-state index in [1.165, 1.54) is 29.7 Å². The van der Waals surface area contributed by atoms with E-state index in [4.69, 9.17) is 0 Å². The van der Waals surface area contributed by atoms with E-state index in [1.807, 2.05) is 0 Å². The highest BCUT2D eigenvalue weighted by Crippen LogP contribution is 2.69. The Morgan fingerprint density at radius 2 is 1.38 bits per heavy atom. The van der Waals surface area contributed by atoms with Crippen LogP contribution in [0.1, 0.15) is 42.3 Å². The van der Waals surface area contributed by atoms with Gasteiger partial charge in [0.25, 0.3) is 0 Å². The monoisotopic (exact) mass is 402 g/mol. The molecule has 0 aliphatic carbocycles. The lowest BCUT2D eigenvalue weighted by atomic mass is 10.1. The lowest BCUT2D eigenvalue weighted by Gasteiger charge is -2.36. The first kappa shape index (κ1) is 20.1. The predicted molar refractivity (Wildman–Crippen MR) is 127 cm³/mol. The maximum atomic E-state index is 2.68. The molecule has 0 N–H and O–H groups in total. The van der Waals surface area contributed by atoms with Crippen LogP contribution in [0.15, 0.2) is 91.0 Å². The molecule has 2 nitrogen and oxygen atoms in total. The van der Waals surface area contributed by atoms with Crippen LogP contribution in [0, 0.1) is 0 Å². The summed E-state index contributed by atoms with van der Waals surface area (Å²) in [4.78, 5) is 2.65. The molecule has 1 heterocycles. The van der Waals surface area contributed by atoms with Crippen molar-refractivity contribution < 1.29 is 0 Å². The zero-order chi connectivity index (χ0) is 20.1. The summed E-state index contributed by atoms with van der Waals surface area (Å²) in [6.07, 6.45) is 2.49. The fourth-order valence-corrected chi connectivity index (χ4v) is 7.74. The van der Waals surface area contributed by atoms with E-state index in [0.717, 1.165) is 13.1 Å². The third-order valence-electron chi connectivity index (χ3n) is 5.83. The highest BCUT2D eigenvalue weighted by Gasteiger charge is 2.45. The van der Waals surface area contributed by atoms with Gasteiger partial charge in [0, 0.05) is 32.5 Å². The first-order chi connectivity index (χ1) is 14.3. The zero-order valence-electron chi connectivity index (χ0n) is 17.5. The minimum Gasteiger partial charge on any atom is -0.358 e. The zero-order valence-corrected chi connectivity index (χ0v) is 18.4. The third kappa shape index (κ3) is 4.39. The van der Waals surface area contributed by atoms with Crippen LogP contribution in [-0.2, 0) is 0 Å². The number of para-hydroxylation sites is 1. The Labute approximate surface area is 177 Å². The van der Waals surface area contributed by atoms with Gasteiger partial charge < -0.3 is 4.90 Å². The lowest BCUT2D eigenvalue weighted by molar-refractivity contribution is 0.514. The SMILES string of the molecule is CCCCN(C)P1[C@H](c2ccccc2)N(c2ccccc2)C[C@H]1c1ccccc1. The van der Waals surface area contributed by atoms with Crippen molar-refractivity contribution in [3.63, 3.8) is 0 Å². The third-order valence-corrected chi connectivity index (χ3v) is 9.00. The number of nitrogens with zero attached hydrogens (tertiary/aromatic N) is 2. The molecular formula is C26H31N2P. The van der Waals surface area contributed by atoms with Gasteiger partial charge >= 0.3 is 0 Å². The number of hydrogen-bond acceptors (Lipinski definition) is 2. The molecule has 0 spiro atoms. The van der Waals surface area contributed by atoms with Crippen molar-refractivity contribution in [3.05, 3.63) is 102 Å². The maximum Gasteiger partial charge on any atom is 0.0881 e. The summed E-state index contributed by atoms with van der Waals surface area (Å²) in [6, 6.07) is 33.3. The summed E-state index contributed by atoms with van der Waals surface area (Å²) in [5, 5.41) is 0. The van der Waals surface area contributed by atoms with E-state index >= 15 is 0 Å². The van der Waals surface area contributed by atoms with Crippen molar-refractivity contribution in [2.75, 3.05) is 25.0 Å². The van der Waals surface area contributed by atoms with Gasteiger partial charge in [-0.2, -0.15) is 0 Å². The second kappa shape index (κ2) is 9.57. The number of hydrogen-bond donors (Lipinski definition) is 0. The average molecular weight is 403 g/mol. The van der Waals surface area contributed by atoms with Gasteiger partial charge in [-0.1, -0.05) is 92.2 Å². The summed E-state index contributed by atoms with van der Waals surface area (Å²) in [5.41, 5.74) is 4.78. The Bertz CT molecular complexity index is 869. The molecule has 1 aliphatic heterocycles. The van der Waals surface area contributed by atoms with Crippen molar-refractivity contribution in [1.82, 2.24) is 4.67 Å². The van der Waals surface area contributed by atoms with Crippen molar-refractivity contribution in [2.45, 2.75) is 31.2 Å². The molecule has 3 aromatic carbocycles. The highest BCUT2D eigenvalue weighted by atomic mass is 31.1. The predicted octanol–water partition coefficient (Wildman–Crippen LogP) is 7.08. The Hall–Kier alpha value is -2.15. The Morgan fingerprint density at radius 3 is 1.97 bits per heavy atom. The second-order valence-corrected chi connectivity index (χ2v) is 10.4. The number of benzene rings is 3. The standard InChI is InChI=1S/C26H31N2P/c1-3-4-20-27(2)29-25(22-14-8-5-9-15-22)21-28(24-18-12-7-13-19-24)26(29)23-16-10-6-11-17-23/h5-19,25-26H,3-4,20-21H2,1-2H3/t25-,26+,29?/m0/s1. The smallest absolute Gasteiger partial charge is 0.0881 e. The number of rotatable bonds is 7. The molecule has 3 atom stereocenters. The summed E-state index contributed by atoms with van der Waals surface area (Å²) in [6.45, 7) is 4.52. The molecule has 1 unspecified atom stereocenters. The fourth-order valence-electron chi connectivity index (χ4n) is 4.37. The van der Waals surface area contributed by atoms with Crippen LogP contribution in [0.3, 0.4) is 0 Å². The van der Waals surface area contributed by atoms with Gasteiger partial charge in [0.1, 0.15) is 0 Å². The number of anilines is 1. The molecule has 0 bridgehead atoms. The van der Waals surface area contributed by atoms with Crippen LogP contribution in [0.4, 0.5) is 5.69 Å². The van der Waals surface area contributed by atoms with Gasteiger partial charge in [-0.05, 0) is 36.7 Å². The van der Waals surface area contributed by atoms with Crippen molar-refractivity contribution in [2.24, 2.45) is 0 Å². The Balaban J connectivity index is 1.80. The molecule has 4 rings (SSSR count). The van der Waals surface area contributed by atoms with Gasteiger partial charge in [0.2, 0.25) is 0 Å². The Morgan fingerprint density at radius 1 is 0.828 bits per heavy atom. The van der Waals surface area contributed by atoms with E-state index in [9.17, 15) is 0 Å². The Kier molecular flexibility index (Phi) is 6.64. The molecule has 150 valence electrons. The summed E-state index contributed by atoms with van der Waals surface area (Å²) in [5.74, 6) is 0.403. The molecule has 3 aromatic rings. The van der Waals surface area contributed by atoms with Crippen molar-refractivity contribution >= 4 is 13.8 Å². The van der Waals surface area contributed by atoms with Crippen LogP contribution in [0.2, 0.25) is 0 Å². The van der Waals surface area contributed by atoms with E-state index in [0.29, 0.717) is 11.4 Å². The summed E-state index contributed by atoms with van der Waals surface area (Å²) >= 11 is 0. The van der Waals surface area contributed by atoms with Gasteiger partial charge in [-0.15, -0.1) is 0 Å². The van der Waals surface area contributed by atoms with E-state index in [1.54, 1.807) is 0 Å². The van der Waals surface area contributed by atoms with Crippen molar-refractivity contribution in [3.8, 4) is 0 Å². The largest absolute Gasteiger partial charge is 0.358 e. The van der Waals surface area contributed by atoms with Crippen LogP contribution in [0.25, 0.3) is 0 Å². The van der Waals surface area contributed by atoms with Gasteiger partial charge in [0.15, 0.2) is 0 Å². The second-order valence-electron chi connectivity index (χ2n) is 7.81. The van der Waals surface area contributed by atoms with Crippen LogP contribution in [0.5, 0.6) is 0 Å². The van der Waals surface area contributed by atoms with Crippen molar-refractivity contribution in [1.29, 1.82) is 0 Å². The van der Waals surface area contributed by atoms with Crippen LogP contribution >= 0.6 is 8.07 Å². The molecule has 1 saturated heterocycles. The molecule has 29 heavy (non-hydrogen) atoms. The molecular weight excluding hydrogens is 371 g/mol. The summed E-state index contributed by atoms with van der Waals surface area (Å²) < 4.78 is 2.68. The fraction of sp³-hybridized carbons (Fsp3) is 0.308. The number of unbranched alkanes of at least 4 members (excludes halogenated alkanes) is 1. The normalized spacial score (nSPS) is 21.6. The maximum absolute atomic E-state index is 2.68. The molecule has 3 heteroatoms. The first-order valence-corrected chi connectivity index (χ1v) is 12.1. The van der Waals surface area contributed by atoms with Gasteiger partial charge in [-0.25, -0.2) is 0 Å². The highest BCUT2D eigenvalue weighted by molar-refractivity contribution is 7.56. The van der Waals surface area contributed by atoms with Gasteiger partial charge in [0.05, 0.1) is 5.78 Å². The topological polar surface area (TPSA) is 6.48 Å².